The Morgan fingerprint density at radius 3 is 2.91 bits per heavy atom. The molecule has 0 spiro atoms. The van der Waals surface area contributed by atoms with Gasteiger partial charge in [-0.05, 0) is 19.9 Å². The number of alkyl halides is 1. The molecule has 0 fully saturated rings. The second-order valence-electron chi connectivity index (χ2n) is 2.58. The maximum Gasteiger partial charge on any atom is 0.125 e. The van der Waals surface area contributed by atoms with Crippen molar-refractivity contribution < 1.29 is 0 Å². The molecule has 0 N–H and O–H groups in total. The fraction of sp³-hybridized carbons (Fsp3) is 0.500. The molecule has 0 saturated carbocycles. The van der Waals surface area contributed by atoms with Crippen molar-refractivity contribution in [2.24, 2.45) is 0 Å². The van der Waals surface area contributed by atoms with E-state index in [4.69, 9.17) is 11.6 Å². The molecule has 0 aliphatic carbocycles. The number of rotatable bonds is 2. The number of nitrogens with zero attached hydrogens (tertiary/aromatic N) is 2. The molecular weight excluding hydrogens is 160 g/mol. The van der Waals surface area contributed by atoms with Gasteiger partial charge >= 0.3 is 0 Å². The van der Waals surface area contributed by atoms with Gasteiger partial charge in [0.25, 0.3) is 0 Å². The Morgan fingerprint density at radius 1 is 1.64 bits per heavy atom. The first-order valence-electron chi connectivity index (χ1n) is 3.61. The molecular formula is C8H11ClN2. The molecule has 2 nitrogen and oxygen atoms in total. The van der Waals surface area contributed by atoms with Crippen molar-refractivity contribution in [2.45, 2.75) is 25.6 Å². The summed E-state index contributed by atoms with van der Waals surface area (Å²) >= 11 is 5.80. The lowest BCUT2D eigenvalue weighted by molar-refractivity contribution is 0.863. The van der Waals surface area contributed by atoms with E-state index in [9.17, 15) is 0 Å². The molecule has 3 heteroatoms. The normalized spacial score (nSPS) is 13.0. The highest BCUT2D eigenvalue weighted by Gasteiger charge is 2.00. The molecule has 1 heterocycles. The lowest BCUT2D eigenvalue weighted by Crippen LogP contribution is -2.01. The second-order valence-corrected chi connectivity index (χ2v) is 3.33. The van der Waals surface area contributed by atoms with Gasteiger partial charge in [-0.15, -0.1) is 11.6 Å². The predicted octanol–water partition coefficient (Wildman–Crippen LogP) is 1.95. The minimum Gasteiger partial charge on any atom is -0.242 e. The maximum atomic E-state index is 5.80. The van der Waals surface area contributed by atoms with Crippen LogP contribution >= 0.6 is 11.6 Å². The monoisotopic (exact) mass is 170 g/mol. The van der Waals surface area contributed by atoms with Crippen LogP contribution < -0.4 is 0 Å². The summed E-state index contributed by atoms with van der Waals surface area (Å²) in [5.74, 6) is 0.805. The lowest BCUT2D eigenvalue weighted by atomic mass is 10.2. The summed E-state index contributed by atoms with van der Waals surface area (Å²) in [6, 6.07) is 1.89. The van der Waals surface area contributed by atoms with Gasteiger partial charge in [-0.3, -0.25) is 0 Å². The highest BCUT2D eigenvalue weighted by molar-refractivity contribution is 6.20. The molecule has 0 aliphatic rings. The van der Waals surface area contributed by atoms with E-state index in [0.717, 1.165) is 17.9 Å². The van der Waals surface area contributed by atoms with Gasteiger partial charge in [0.05, 0.1) is 0 Å². The summed E-state index contributed by atoms with van der Waals surface area (Å²) in [6.07, 6.45) is 2.57. The first kappa shape index (κ1) is 8.47. The average Bonchev–Trinajstić information content (AvgIpc) is 1.85. The Balaban J connectivity index is 2.71. The van der Waals surface area contributed by atoms with Crippen LogP contribution in [0.5, 0.6) is 0 Å². The lowest BCUT2D eigenvalue weighted by Gasteiger charge is -2.01. The largest absolute Gasteiger partial charge is 0.242 e. The van der Waals surface area contributed by atoms with Gasteiger partial charge in [0.2, 0.25) is 0 Å². The summed E-state index contributed by atoms with van der Waals surface area (Å²) in [4.78, 5) is 8.21. The topological polar surface area (TPSA) is 25.8 Å². The van der Waals surface area contributed by atoms with Gasteiger partial charge in [0, 0.05) is 23.7 Å². The zero-order chi connectivity index (χ0) is 8.27. The number of aryl methyl sites for hydroxylation is 1. The summed E-state index contributed by atoms with van der Waals surface area (Å²) < 4.78 is 0. The second kappa shape index (κ2) is 3.67. The molecule has 11 heavy (non-hydrogen) atoms. The Bertz CT molecular complexity index is 235. The minimum atomic E-state index is 0.143. The van der Waals surface area contributed by atoms with Gasteiger partial charge in [-0.25, -0.2) is 9.97 Å². The summed E-state index contributed by atoms with van der Waals surface area (Å²) in [5.41, 5.74) is 1.01. The predicted molar refractivity (Wildman–Crippen MR) is 45.8 cm³/mol. The fourth-order valence-electron chi connectivity index (χ4n) is 0.907. The molecule has 1 atom stereocenters. The molecule has 0 saturated heterocycles. The standard InChI is InChI=1S/C8H11ClN2/c1-6(9)5-8-3-4-10-7(2)11-8/h3-4,6H,5H2,1-2H3. The first-order chi connectivity index (χ1) is 5.18. The Labute approximate surface area is 71.6 Å². The van der Waals surface area contributed by atoms with Crippen LogP contribution in [0.1, 0.15) is 18.4 Å². The van der Waals surface area contributed by atoms with Crippen molar-refractivity contribution in [2.75, 3.05) is 0 Å². The smallest absolute Gasteiger partial charge is 0.125 e. The van der Waals surface area contributed by atoms with E-state index in [1.807, 2.05) is 19.9 Å². The third-order valence-electron chi connectivity index (χ3n) is 1.32. The molecule has 0 bridgehead atoms. The number of hydrogen-bond acceptors (Lipinski definition) is 2. The molecule has 0 amide bonds. The van der Waals surface area contributed by atoms with E-state index in [1.54, 1.807) is 6.20 Å². The molecule has 0 aliphatic heterocycles. The van der Waals surface area contributed by atoms with Crippen LogP contribution in [0.2, 0.25) is 0 Å². The van der Waals surface area contributed by atoms with Crippen molar-refractivity contribution in [1.29, 1.82) is 0 Å². The van der Waals surface area contributed by atoms with Crippen LogP contribution in [0, 0.1) is 6.92 Å². The average molecular weight is 171 g/mol. The van der Waals surface area contributed by atoms with Crippen LogP contribution in [-0.2, 0) is 6.42 Å². The zero-order valence-corrected chi connectivity index (χ0v) is 7.47. The molecule has 1 aromatic rings. The Morgan fingerprint density at radius 2 is 2.36 bits per heavy atom. The first-order valence-corrected chi connectivity index (χ1v) is 4.04. The van der Waals surface area contributed by atoms with Gasteiger partial charge in [0.15, 0.2) is 0 Å². The van der Waals surface area contributed by atoms with Crippen LogP contribution in [0.15, 0.2) is 12.3 Å². The van der Waals surface area contributed by atoms with Gasteiger partial charge in [-0.2, -0.15) is 0 Å². The third kappa shape index (κ3) is 2.85. The summed E-state index contributed by atoms with van der Waals surface area (Å²) in [7, 11) is 0. The number of halogens is 1. The minimum absolute atomic E-state index is 0.143. The van der Waals surface area contributed by atoms with Crippen LogP contribution in [0.4, 0.5) is 0 Å². The Kier molecular flexibility index (Phi) is 2.83. The maximum absolute atomic E-state index is 5.80. The SMILES string of the molecule is Cc1nccc(CC(C)Cl)n1. The number of aromatic nitrogens is 2. The van der Waals surface area contributed by atoms with Crippen molar-refractivity contribution in [1.82, 2.24) is 9.97 Å². The van der Waals surface area contributed by atoms with E-state index >= 15 is 0 Å². The summed E-state index contributed by atoms with van der Waals surface area (Å²) in [5, 5.41) is 0.143. The Hall–Kier alpha value is -0.630. The van der Waals surface area contributed by atoms with Gasteiger partial charge < -0.3 is 0 Å². The molecule has 0 aromatic carbocycles. The number of hydrogen-bond donors (Lipinski definition) is 0. The molecule has 1 aromatic heterocycles. The summed E-state index contributed by atoms with van der Waals surface area (Å²) in [6.45, 7) is 3.83. The van der Waals surface area contributed by atoms with E-state index in [2.05, 4.69) is 9.97 Å². The van der Waals surface area contributed by atoms with Gasteiger partial charge in [0.1, 0.15) is 5.82 Å². The zero-order valence-electron chi connectivity index (χ0n) is 6.71. The molecule has 1 unspecified atom stereocenters. The van der Waals surface area contributed by atoms with Gasteiger partial charge in [-0.1, -0.05) is 0 Å². The van der Waals surface area contributed by atoms with Crippen molar-refractivity contribution >= 4 is 11.6 Å². The third-order valence-corrected chi connectivity index (χ3v) is 1.48. The van der Waals surface area contributed by atoms with Crippen LogP contribution in [-0.4, -0.2) is 15.3 Å². The van der Waals surface area contributed by atoms with Crippen molar-refractivity contribution in [3.05, 3.63) is 23.8 Å². The van der Waals surface area contributed by atoms with Crippen molar-refractivity contribution in [3.63, 3.8) is 0 Å². The van der Waals surface area contributed by atoms with Crippen molar-refractivity contribution in [3.8, 4) is 0 Å². The van der Waals surface area contributed by atoms with Crippen LogP contribution in [0.3, 0.4) is 0 Å². The molecule has 1 rings (SSSR count). The molecule has 60 valence electrons. The fourth-order valence-corrected chi connectivity index (χ4v) is 1.07. The van der Waals surface area contributed by atoms with E-state index < -0.39 is 0 Å². The highest BCUT2D eigenvalue weighted by Crippen LogP contribution is 2.03. The van der Waals surface area contributed by atoms with E-state index in [-0.39, 0.29) is 5.38 Å². The quantitative estimate of drug-likeness (QED) is 0.635. The van der Waals surface area contributed by atoms with E-state index in [0.29, 0.717) is 0 Å². The highest BCUT2D eigenvalue weighted by atomic mass is 35.5. The molecule has 0 radical (unpaired) electrons. The van der Waals surface area contributed by atoms with E-state index in [1.165, 1.54) is 0 Å². The van der Waals surface area contributed by atoms with Crippen LogP contribution in [0.25, 0.3) is 0 Å².